The number of hydrogen-bond donors (Lipinski definition) is 0. The van der Waals surface area contributed by atoms with Crippen LogP contribution in [0.25, 0.3) is 11.4 Å². The number of piperidine rings is 1. The molecule has 7 nitrogen and oxygen atoms in total. The zero-order valence-corrected chi connectivity index (χ0v) is 15.8. The predicted octanol–water partition coefficient (Wildman–Crippen LogP) is 2.58. The van der Waals surface area contributed by atoms with Gasteiger partial charge in [-0.1, -0.05) is 5.16 Å². The molecule has 1 aromatic heterocycles. The lowest BCUT2D eigenvalue weighted by Gasteiger charge is -2.33. The van der Waals surface area contributed by atoms with Crippen LogP contribution in [0.5, 0.6) is 5.75 Å². The molecule has 2 aliphatic rings. The van der Waals surface area contributed by atoms with E-state index in [-0.39, 0.29) is 5.92 Å². The summed E-state index contributed by atoms with van der Waals surface area (Å²) in [5, 5.41) is 4.10. The highest BCUT2D eigenvalue weighted by atomic mass is 16.5. The summed E-state index contributed by atoms with van der Waals surface area (Å²) in [4.78, 5) is 21.5. The lowest BCUT2D eigenvalue weighted by atomic mass is 9.96. The molecule has 1 unspecified atom stereocenters. The standard InChI is InChI=1S/C20H26N4O3/c1-26-17-8-6-15(7-9-17)19-21-18(27-22-19)14-23-10-4-5-16(13-23)20(25)24-11-2-3-12-24/h6-9,16H,2-5,10-14H2,1H3. The number of methoxy groups -OCH3 is 1. The van der Waals surface area contributed by atoms with Gasteiger partial charge in [0.15, 0.2) is 0 Å². The normalized spacial score (nSPS) is 20.8. The molecular weight excluding hydrogens is 344 g/mol. The molecule has 0 aliphatic carbocycles. The van der Waals surface area contributed by atoms with Gasteiger partial charge in [0.25, 0.3) is 0 Å². The second-order valence-corrected chi connectivity index (χ2v) is 7.35. The summed E-state index contributed by atoms with van der Waals surface area (Å²) in [6, 6.07) is 7.59. The van der Waals surface area contributed by atoms with E-state index in [0.717, 1.165) is 63.2 Å². The molecule has 0 spiro atoms. The van der Waals surface area contributed by atoms with E-state index in [9.17, 15) is 4.79 Å². The van der Waals surface area contributed by atoms with Crippen LogP contribution in [0.2, 0.25) is 0 Å². The van der Waals surface area contributed by atoms with E-state index < -0.39 is 0 Å². The van der Waals surface area contributed by atoms with Crippen molar-refractivity contribution in [2.75, 3.05) is 33.3 Å². The molecule has 1 atom stereocenters. The lowest BCUT2D eigenvalue weighted by molar-refractivity contribution is -0.136. The molecule has 1 aromatic carbocycles. The van der Waals surface area contributed by atoms with Crippen LogP contribution in [0.4, 0.5) is 0 Å². The van der Waals surface area contributed by atoms with Crippen molar-refractivity contribution >= 4 is 5.91 Å². The number of aromatic nitrogens is 2. The van der Waals surface area contributed by atoms with E-state index in [2.05, 4.69) is 15.0 Å². The Morgan fingerprint density at radius 3 is 2.70 bits per heavy atom. The van der Waals surface area contributed by atoms with Gasteiger partial charge in [-0.25, -0.2) is 0 Å². The Kier molecular flexibility index (Phi) is 5.38. The minimum Gasteiger partial charge on any atom is -0.497 e. The number of likely N-dealkylation sites (tertiary alicyclic amines) is 2. The van der Waals surface area contributed by atoms with Crippen LogP contribution in [0.1, 0.15) is 31.6 Å². The molecule has 2 saturated heterocycles. The summed E-state index contributed by atoms with van der Waals surface area (Å²) in [6.45, 7) is 4.17. The minimum atomic E-state index is 0.0980. The third kappa shape index (κ3) is 4.13. The number of nitrogens with zero attached hydrogens (tertiary/aromatic N) is 4. The second kappa shape index (κ2) is 8.08. The number of benzene rings is 1. The van der Waals surface area contributed by atoms with Crippen LogP contribution in [0.15, 0.2) is 28.8 Å². The van der Waals surface area contributed by atoms with E-state index in [1.165, 1.54) is 0 Å². The van der Waals surface area contributed by atoms with Crippen LogP contribution < -0.4 is 4.74 Å². The SMILES string of the molecule is COc1ccc(-c2noc(CN3CCCC(C(=O)N4CCCC4)C3)n2)cc1. The largest absolute Gasteiger partial charge is 0.497 e. The fourth-order valence-electron chi connectivity index (χ4n) is 3.96. The quantitative estimate of drug-likeness (QED) is 0.806. The Morgan fingerprint density at radius 2 is 1.96 bits per heavy atom. The summed E-state index contributed by atoms with van der Waals surface area (Å²) in [7, 11) is 1.64. The first-order valence-electron chi connectivity index (χ1n) is 9.71. The summed E-state index contributed by atoms with van der Waals surface area (Å²) in [5.74, 6) is 2.39. The van der Waals surface area contributed by atoms with Gasteiger partial charge in [-0.15, -0.1) is 0 Å². The zero-order chi connectivity index (χ0) is 18.6. The Hall–Kier alpha value is -2.41. The van der Waals surface area contributed by atoms with Gasteiger partial charge < -0.3 is 14.2 Å². The van der Waals surface area contributed by atoms with Crippen LogP contribution in [0.3, 0.4) is 0 Å². The van der Waals surface area contributed by atoms with Crippen molar-refractivity contribution in [2.24, 2.45) is 5.92 Å². The third-order valence-electron chi connectivity index (χ3n) is 5.45. The summed E-state index contributed by atoms with van der Waals surface area (Å²) >= 11 is 0. The van der Waals surface area contributed by atoms with Crippen LogP contribution in [0, 0.1) is 5.92 Å². The molecule has 3 heterocycles. The maximum atomic E-state index is 12.7. The summed E-state index contributed by atoms with van der Waals surface area (Å²) in [5.41, 5.74) is 0.895. The number of ether oxygens (including phenoxy) is 1. The average molecular weight is 370 g/mol. The molecule has 27 heavy (non-hydrogen) atoms. The summed E-state index contributed by atoms with van der Waals surface area (Å²) in [6.07, 6.45) is 4.28. The molecular formula is C20H26N4O3. The van der Waals surface area contributed by atoms with Crippen molar-refractivity contribution in [2.45, 2.75) is 32.2 Å². The number of carbonyl (C=O) groups is 1. The van der Waals surface area contributed by atoms with Crippen molar-refractivity contribution < 1.29 is 14.1 Å². The molecule has 2 aliphatic heterocycles. The number of hydrogen-bond acceptors (Lipinski definition) is 6. The van der Waals surface area contributed by atoms with Gasteiger partial charge in [0, 0.05) is 25.2 Å². The Morgan fingerprint density at radius 1 is 1.19 bits per heavy atom. The first-order valence-corrected chi connectivity index (χ1v) is 9.71. The van der Waals surface area contributed by atoms with Crippen LogP contribution >= 0.6 is 0 Å². The second-order valence-electron chi connectivity index (χ2n) is 7.35. The first kappa shape index (κ1) is 18.0. The molecule has 0 N–H and O–H groups in total. The lowest BCUT2D eigenvalue weighted by Crippen LogP contribution is -2.43. The zero-order valence-electron chi connectivity index (χ0n) is 15.8. The fourth-order valence-corrected chi connectivity index (χ4v) is 3.96. The van der Waals surface area contributed by atoms with E-state index in [0.29, 0.717) is 24.2 Å². The number of carbonyl (C=O) groups excluding carboxylic acids is 1. The molecule has 1 amide bonds. The smallest absolute Gasteiger partial charge is 0.241 e. The van der Waals surface area contributed by atoms with Gasteiger partial charge in [0.1, 0.15) is 5.75 Å². The van der Waals surface area contributed by atoms with Crippen LogP contribution in [-0.4, -0.2) is 59.1 Å². The van der Waals surface area contributed by atoms with Crippen molar-refractivity contribution in [3.63, 3.8) is 0 Å². The fraction of sp³-hybridized carbons (Fsp3) is 0.550. The molecule has 0 bridgehead atoms. The van der Waals surface area contributed by atoms with Crippen molar-refractivity contribution in [3.8, 4) is 17.1 Å². The van der Waals surface area contributed by atoms with Gasteiger partial charge in [-0.3, -0.25) is 9.69 Å². The Bertz CT molecular complexity index is 768. The Balaban J connectivity index is 1.37. The van der Waals surface area contributed by atoms with E-state index in [1.54, 1.807) is 7.11 Å². The maximum absolute atomic E-state index is 12.7. The van der Waals surface area contributed by atoms with Gasteiger partial charge in [0.2, 0.25) is 17.6 Å². The van der Waals surface area contributed by atoms with E-state index >= 15 is 0 Å². The predicted molar refractivity (Wildman–Crippen MR) is 100 cm³/mol. The average Bonchev–Trinajstić information content (AvgIpc) is 3.40. The van der Waals surface area contributed by atoms with Gasteiger partial charge in [0.05, 0.1) is 19.6 Å². The van der Waals surface area contributed by atoms with Gasteiger partial charge in [-0.05, 0) is 56.5 Å². The maximum Gasteiger partial charge on any atom is 0.241 e. The Labute approximate surface area is 159 Å². The van der Waals surface area contributed by atoms with Crippen molar-refractivity contribution in [3.05, 3.63) is 30.2 Å². The van der Waals surface area contributed by atoms with Crippen LogP contribution in [-0.2, 0) is 11.3 Å². The highest BCUT2D eigenvalue weighted by Gasteiger charge is 2.31. The minimum absolute atomic E-state index is 0.0980. The molecule has 4 rings (SSSR count). The van der Waals surface area contributed by atoms with Gasteiger partial charge >= 0.3 is 0 Å². The molecule has 7 heteroatoms. The topological polar surface area (TPSA) is 71.7 Å². The molecule has 2 fully saturated rings. The molecule has 144 valence electrons. The first-order chi connectivity index (χ1) is 13.2. The monoisotopic (exact) mass is 370 g/mol. The van der Waals surface area contributed by atoms with Gasteiger partial charge in [-0.2, -0.15) is 4.98 Å². The van der Waals surface area contributed by atoms with E-state index in [4.69, 9.17) is 9.26 Å². The molecule has 0 radical (unpaired) electrons. The van der Waals surface area contributed by atoms with E-state index in [1.807, 2.05) is 29.2 Å². The highest BCUT2D eigenvalue weighted by molar-refractivity contribution is 5.79. The molecule has 2 aromatic rings. The van der Waals surface area contributed by atoms with Crippen molar-refractivity contribution in [1.82, 2.24) is 19.9 Å². The highest BCUT2D eigenvalue weighted by Crippen LogP contribution is 2.24. The summed E-state index contributed by atoms with van der Waals surface area (Å²) < 4.78 is 10.6. The molecule has 0 saturated carbocycles. The number of rotatable bonds is 5. The number of amides is 1. The van der Waals surface area contributed by atoms with Crippen molar-refractivity contribution in [1.29, 1.82) is 0 Å². The third-order valence-corrected chi connectivity index (χ3v) is 5.45.